The average Bonchev–Trinajstić information content (AvgIpc) is 3.15. The van der Waals surface area contributed by atoms with Gasteiger partial charge in [0.05, 0.1) is 41.6 Å². The molecular formula is C18H21N3O4S. The first-order valence-corrected chi connectivity index (χ1v) is 10.5. The molecule has 2 aliphatic heterocycles. The Kier molecular flexibility index (Phi) is 4.11. The molecule has 0 radical (unpaired) electrons. The van der Waals surface area contributed by atoms with Crippen molar-refractivity contribution < 1.29 is 17.9 Å². The molecule has 2 aliphatic rings. The summed E-state index contributed by atoms with van der Waals surface area (Å²) in [4.78, 5) is 14.7. The highest BCUT2D eigenvalue weighted by Gasteiger charge is 2.47. The molecular weight excluding hydrogens is 354 g/mol. The first-order chi connectivity index (χ1) is 12.4. The van der Waals surface area contributed by atoms with Crippen LogP contribution in [0.15, 0.2) is 36.5 Å². The van der Waals surface area contributed by atoms with Crippen molar-refractivity contribution in [3.63, 3.8) is 0 Å². The molecule has 0 bridgehead atoms. The molecule has 2 fully saturated rings. The molecule has 138 valence electrons. The molecule has 2 saturated heterocycles. The maximum atomic E-state index is 13.0. The summed E-state index contributed by atoms with van der Waals surface area (Å²) in [6.45, 7) is 2.92. The maximum Gasteiger partial charge on any atom is 0.257 e. The van der Waals surface area contributed by atoms with E-state index in [1.54, 1.807) is 15.8 Å². The zero-order valence-electron chi connectivity index (χ0n) is 14.6. The Hall–Kier alpha value is -2.19. The molecule has 4 rings (SSSR count). The van der Waals surface area contributed by atoms with E-state index in [1.165, 1.54) is 0 Å². The summed E-state index contributed by atoms with van der Waals surface area (Å²) in [5.41, 5.74) is 1.32. The molecule has 0 aliphatic carbocycles. The largest absolute Gasteiger partial charge is 0.370 e. The van der Waals surface area contributed by atoms with Crippen molar-refractivity contribution in [2.45, 2.75) is 18.9 Å². The van der Waals surface area contributed by atoms with E-state index in [4.69, 9.17) is 4.74 Å². The molecule has 2 aromatic rings. The first kappa shape index (κ1) is 17.2. The van der Waals surface area contributed by atoms with Crippen molar-refractivity contribution in [1.29, 1.82) is 0 Å². The Morgan fingerprint density at radius 2 is 2.04 bits per heavy atom. The monoisotopic (exact) mass is 375 g/mol. The molecule has 8 heteroatoms. The van der Waals surface area contributed by atoms with Crippen molar-refractivity contribution >= 4 is 15.7 Å². The molecule has 7 nitrogen and oxygen atoms in total. The van der Waals surface area contributed by atoms with Gasteiger partial charge in [0, 0.05) is 12.7 Å². The van der Waals surface area contributed by atoms with Crippen LogP contribution >= 0.6 is 0 Å². The molecule has 0 N–H and O–H groups in total. The first-order valence-electron chi connectivity index (χ1n) is 8.63. The van der Waals surface area contributed by atoms with Crippen molar-refractivity contribution in [1.82, 2.24) is 14.7 Å². The fraction of sp³-hybridized carbons (Fsp3) is 0.444. The van der Waals surface area contributed by atoms with Crippen molar-refractivity contribution in [2.24, 2.45) is 0 Å². The van der Waals surface area contributed by atoms with Crippen LogP contribution in [0.4, 0.5) is 0 Å². The van der Waals surface area contributed by atoms with E-state index in [-0.39, 0.29) is 17.4 Å². The second kappa shape index (κ2) is 6.21. The topological polar surface area (TPSA) is 81.5 Å². The Morgan fingerprint density at radius 1 is 1.27 bits per heavy atom. The third kappa shape index (κ3) is 3.14. The second-order valence-electron chi connectivity index (χ2n) is 7.01. The number of aromatic nitrogens is 2. The van der Waals surface area contributed by atoms with Gasteiger partial charge in [0.2, 0.25) is 0 Å². The SMILES string of the molecule is Cc1nn(-c2ccccc2)cc1C(=O)N1CCOC2(CCS(=O)(=O)C2)C1. The molecule has 1 spiro atoms. The number of morpholine rings is 1. The summed E-state index contributed by atoms with van der Waals surface area (Å²) in [5.74, 6) is -0.0110. The predicted molar refractivity (Wildman–Crippen MR) is 96.2 cm³/mol. The quantitative estimate of drug-likeness (QED) is 0.788. The van der Waals surface area contributed by atoms with Gasteiger partial charge in [-0.25, -0.2) is 13.1 Å². The molecule has 1 unspecified atom stereocenters. The van der Waals surface area contributed by atoms with E-state index in [1.807, 2.05) is 37.3 Å². The van der Waals surface area contributed by atoms with Crippen LogP contribution in [0.2, 0.25) is 0 Å². The lowest BCUT2D eigenvalue weighted by molar-refractivity contribution is -0.0830. The molecule has 1 atom stereocenters. The molecule has 1 amide bonds. The number of ether oxygens (including phenoxy) is 1. The van der Waals surface area contributed by atoms with E-state index in [0.717, 1.165) is 5.69 Å². The number of rotatable bonds is 2. The lowest BCUT2D eigenvalue weighted by Gasteiger charge is -2.39. The van der Waals surface area contributed by atoms with E-state index < -0.39 is 15.4 Å². The standard InChI is InChI=1S/C18H21N3O4S/c1-14-16(11-21(19-14)15-5-3-2-4-6-15)17(22)20-8-9-25-18(12-20)7-10-26(23,24)13-18/h2-6,11H,7-10,12-13H2,1H3. The van der Waals surface area contributed by atoms with Crippen LogP contribution in [0.25, 0.3) is 5.69 Å². The Bertz CT molecular complexity index is 939. The van der Waals surface area contributed by atoms with Crippen molar-refractivity contribution in [2.75, 3.05) is 31.2 Å². The van der Waals surface area contributed by atoms with Crippen LogP contribution in [-0.4, -0.2) is 65.8 Å². The van der Waals surface area contributed by atoms with Crippen molar-refractivity contribution in [3.8, 4) is 5.69 Å². The zero-order valence-corrected chi connectivity index (χ0v) is 15.4. The maximum absolute atomic E-state index is 13.0. The number of hydrogen-bond donors (Lipinski definition) is 0. The van der Waals surface area contributed by atoms with E-state index in [9.17, 15) is 13.2 Å². The van der Waals surface area contributed by atoms with E-state index in [0.29, 0.717) is 37.4 Å². The van der Waals surface area contributed by atoms with Gasteiger partial charge in [-0.05, 0) is 25.5 Å². The van der Waals surface area contributed by atoms with Crippen LogP contribution < -0.4 is 0 Å². The highest BCUT2D eigenvalue weighted by Crippen LogP contribution is 2.31. The van der Waals surface area contributed by atoms with Crippen LogP contribution in [-0.2, 0) is 14.6 Å². The minimum Gasteiger partial charge on any atom is -0.370 e. The van der Waals surface area contributed by atoms with Gasteiger partial charge in [0.15, 0.2) is 9.84 Å². The van der Waals surface area contributed by atoms with Gasteiger partial charge in [-0.15, -0.1) is 0 Å². The highest BCUT2D eigenvalue weighted by atomic mass is 32.2. The summed E-state index contributed by atoms with van der Waals surface area (Å²) < 4.78 is 31.2. The summed E-state index contributed by atoms with van der Waals surface area (Å²) in [5, 5.41) is 4.45. The number of amides is 1. The van der Waals surface area contributed by atoms with Gasteiger partial charge < -0.3 is 9.64 Å². The van der Waals surface area contributed by atoms with Gasteiger partial charge in [0.1, 0.15) is 5.60 Å². The minimum atomic E-state index is -3.09. The van der Waals surface area contributed by atoms with Crippen LogP contribution in [0.1, 0.15) is 22.5 Å². The lowest BCUT2D eigenvalue weighted by Crippen LogP contribution is -2.54. The summed E-state index contributed by atoms with van der Waals surface area (Å²) >= 11 is 0. The summed E-state index contributed by atoms with van der Waals surface area (Å²) in [7, 11) is -3.09. The number of carbonyl (C=O) groups is 1. The molecule has 3 heterocycles. The number of aryl methyl sites for hydroxylation is 1. The fourth-order valence-electron chi connectivity index (χ4n) is 3.70. The van der Waals surface area contributed by atoms with Gasteiger partial charge in [0.25, 0.3) is 5.91 Å². The molecule has 1 aromatic carbocycles. The predicted octanol–water partition coefficient (Wildman–Crippen LogP) is 1.21. The number of para-hydroxylation sites is 1. The lowest BCUT2D eigenvalue weighted by atomic mass is 10.0. The third-order valence-electron chi connectivity index (χ3n) is 5.04. The van der Waals surface area contributed by atoms with Crippen LogP contribution in [0.3, 0.4) is 0 Å². The van der Waals surface area contributed by atoms with Crippen LogP contribution in [0, 0.1) is 6.92 Å². The number of benzene rings is 1. The summed E-state index contributed by atoms with van der Waals surface area (Å²) in [6.07, 6.45) is 2.18. The Balaban J connectivity index is 1.57. The Labute approximate surface area is 152 Å². The smallest absolute Gasteiger partial charge is 0.257 e. The number of sulfone groups is 1. The number of carbonyl (C=O) groups excluding carboxylic acids is 1. The second-order valence-corrected chi connectivity index (χ2v) is 9.19. The minimum absolute atomic E-state index is 0.00790. The zero-order chi connectivity index (χ0) is 18.4. The third-order valence-corrected chi connectivity index (χ3v) is 6.83. The van der Waals surface area contributed by atoms with Gasteiger partial charge in [-0.2, -0.15) is 5.10 Å². The molecule has 26 heavy (non-hydrogen) atoms. The van der Waals surface area contributed by atoms with Gasteiger partial charge in [-0.1, -0.05) is 18.2 Å². The number of nitrogens with zero attached hydrogens (tertiary/aromatic N) is 3. The molecule has 0 saturated carbocycles. The van der Waals surface area contributed by atoms with Gasteiger partial charge >= 0.3 is 0 Å². The molecule has 1 aromatic heterocycles. The number of hydrogen-bond acceptors (Lipinski definition) is 5. The average molecular weight is 375 g/mol. The Morgan fingerprint density at radius 3 is 2.73 bits per heavy atom. The summed E-state index contributed by atoms with van der Waals surface area (Å²) in [6, 6.07) is 9.61. The normalized spacial score (nSPS) is 24.9. The van der Waals surface area contributed by atoms with E-state index >= 15 is 0 Å². The van der Waals surface area contributed by atoms with Crippen LogP contribution in [0.5, 0.6) is 0 Å². The van der Waals surface area contributed by atoms with Gasteiger partial charge in [-0.3, -0.25) is 4.79 Å². The van der Waals surface area contributed by atoms with E-state index in [2.05, 4.69) is 5.10 Å². The fourth-order valence-corrected chi connectivity index (χ4v) is 5.64. The highest BCUT2D eigenvalue weighted by molar-refractivity contribution is 7.91. The van der Waals surface area contributed by atoms with Crippen molar-refractivity contribution in [3.05, 3.63) is 47.8 Å².